The Bertz CT molecular complexity index is 1080. The Labute approximate surface area is 196 Å². The summed E-state index contributed by atoms with van der Waals surface area (Å²) in [6, 6.07) is 22.8. The van der Waals surface area contributed by atoms with E-state index in [0.29, 0.717) is 13.0 Å². The summed E-state index contributed by atoms with van der Waals surface area (Å²) in [6.45, 7) is 5.40. The number of hydrogen-bond acceptors (Lipinski definition) is 4. The van der Waals surface area contributed by atoms with Crippen LogP contribution in [0.3, 0.4) is 0 Å². The van der Waals surface area contributed by atoms with Gasteiger partial charge >= 0.3 is 5.97 Å². The molecule has 0 radical (unpaired) electrons. The van der Waals surface area contributed by atoms with E-state index in [1.54, 1.807) is 0 Å². The summed E-state index contributed by atoms with van der Waals surface area (Å²) >= 11 is 0. The van der Waals surface area contributed by atoms with Gasteiger partial charge in [0.05, 0.1) is 6.54 Å². The van der Waals surface area contributed by atoms with Crippen LogP contribution in [0.2, 0.25) is 0 Å². The average molecular weight is 445 g/mol. The van der Waals surface area contributed by atoms with Crippen LogP contribution in [0.15, 0.2) is 66.7 Å². The number of carboxylic acid groups (broad SMARTS) is 1. The normalized spacial score (nSPS) is 12.8. The largest absolute Gasteiger partial charge is 0.492 e. The zero-order valence-corrected chi connectivity index (χ0v) is 19.2. The lowest BCUT2D eigenvalue weighted by atomic mass is 9.96. The number of nitrogens with zero attached hydrogens (tertiary/aromatic N) is 1. The van der Waals surface area contributed by atoms with E-state index in [-0.39, 0.29) is 6.42 Å². The summed E-state index contributed by atoms with van der Waals surface area (Å²) in [7, 11) is 0. The molecule has 172 valence electrons. The maximum Gasteiger partial charge on any atom is 0.303 e. The molecule has 0 amide bonds. The highest BCUT2D eigenvalue weighted by molar-refractivity contribution is 5.67. The highest BCUT2D eigenvalue weighted by Crippen LogP contribution is 2.30. The number of nitrogens with one attached hydrogen (secondary N) is 1. The van der Waals surface area contributed by atoms with Crippen LogP contribution >= 0.6 is 0 Å². The maximum atomic E-state index is 10.9. The van der Waals surface area contributed by atoms with Crippen molar-refractivity contribution in [2.24, 2.45) is 0 Å². The number of anilines is 2. The van der Waals surface area contributed by atoms with Crippen molar-refractivity contribution in [1.82, 2.24) is 0 Å². The van der Waals surface area contributed by atoms with Gasteiger partial charge < -0.3 is 20.1 Å². The molecular formula is C28H32N2O3. The molecule has 3 aromatic rings. The number of aliphatic carboxylic acids is 1. The molecule has 3 aromatic carbocycles. The third kappa shape index (κ3) is 6.07. The summed E-state index contributed by atoms with van der Waals surface area (Å²) in [5.74, 6) is 0.156. The van der Waals surface area contributed by atoms with Gasteiger partial charge in [0.2, 0.25) is 0 Å². The van der Waals surface area contributed by atoms with E-state index in [1.165, 1.54) is 16.8 Å². The summed E-state index contributed by atoms with van der Waals surface area (Å²) in [5, 5.41) is 12.5. The second-order valence-corrected chi connectivity index (χ2v) is 8.56. The van der Waals surface area contributed by atoms with Crippen LogP contribution in [0, 0.1) is 6.92 Å². The Balaban J connectivity index is 1.38. The number of carbonyl (C=O) groups is 1. The first-order valence-electron chi connectivity index (χ1n) is 11.7. The summed E-state index contributed by atoms with van der Waals surface area (Å²) in [6.07, 6.45) is 2.97. The Morgan fingerprint density at radius 2 is 1.91 bits per heavy atom. The molecule has 0 aliphatic carbocycles. The number of benzene rings is 3. The molecule has 0 bridgehead atoms. The molecule has 2 N–H and O–H groups in total. The van der Waals surface area contributed by atoms with E-state index in [9.17, 15) is 4.79 Å². The molecule has 1 heterocycles. The molecule has 0 fully saturated rings. The first-order valence-corrected chi connectivity index (χ1v) is 11.7. The van der Waals surface area contributed by atoms with Gasteiger partial charge in [-0.1, -0.05) is 36.4 Å². The van der Waals surface area contributed by atoms with Gasteiger partial charge in [-0.2, -0.15) is 0 Å². The molecule has 1 aliphatic heterocycles. The van der Waals surface area contributed by atoms with Crippen molar-refractivity contribution in [2.45, 2.75) is 39.2 Å². The standard InChI is InChI=1S/C28H32N2O3/c1-21-19-24(14-12-22(21)13-15-28(31)32)29-20-23-7-5-11-27-26(23)10-6-16-30(27)17-18-33-25-8-3-2-4-9-25/h2-5,7-9,11-12,14,19,29H,6,10,13,15-18,20H2,1H3,(H,31,32). The fourth-order valence-corrected chi connectivity index (χ4v) is 4.49. The van der Waals surface area contributed by atoms with Crippen LogP contribution in [-0.4, -0.2) is 30.8 Å². The zero-order chi connectivity index (χ0) is 23.0. The molecule has 5 nitrogen and oxygen atoms in total. The van der Waals surface area contributed by atoms with Crippen LogP contribution in [0.5, 0.6) is 5.75 Å². The highest BCUT2D eigenvalue weighted by atomic mass is 16.5. The van der Waals surface area contributed by atoms with Crippen molar-refractivity contribution in [3.8, 4) is 5.75 Å². The molecule has 0 spiro atoms. The number of rotatable bonds is 10. The quantitative estimate of drug-likeness (QED) is 0.435. The Morgan fingerprint density at radius 3 is 2.70 bits per heavy atom. The summed E-state index contributed by atoms with van der Waals surface area (Å²) < 4.78 is 5.92. The van der Waals surface area contributed by atoms with Crippen molar-refractivity contribution in [3.05, 3.63) is 89.0 Å². The molecule has 0 unspecified atom stereocenters. The smallest absolute Gasteiger partial charge is 0.303 e. The SMILES string of the molecule is Cc1cc(NCc2cccc3c2CCCN3CCOc2ccccc2)ccc1CCC(=O)O. The Morgan fingerprint density at radius 1 is 1.06 bits per heavy atom. The van der Waals surface area contributed by atoms with Gasteiger partial charge in [-0.15, -0.1) is 0 Å². The van der Waals surface area contributed by atoms with Gasteiger partial charge in [0, 0.05) is 30.9 Å². The van der Waals surface area contributed by atoms with Crippen molar-refractivity contribution in [3.63, 3.8) is 0 Å². The second-order valence-electron chi connectivity index (χ2n) is 8.56. The molecule has 0 atom stereocenters. The van der Waals surface area contributed by atoms with Crippen LogP contribution in [0.1, 0.15) is 35.1 Å². The van der Waals surface area contributed by atoms with Crippen molar-refractivity contribution >= 4 is 17.3 Å². The summed E-state index contributed by atoms with van der Waals surface area (Å²) in [4.78, 5) is 13.3. The molecular weight excluding hydrogens is 412 g/mol. The fraction of sp³-hybridized carbons (Fsp3) is 0.321. The van der Waals surface area contributed by atoms with Crippen molar-refractivity contribution < 1.29 is 14.6 Å². The molecule has 0 saturated carbocycles. The third-order valence-electron chi connectivity index (χ3n) is 6.25. The van der Waals surface area contributed by atoms with Gasteiger partial charge in [0.25, 0.3) is 0 Å². The third-order valence-corrected chi connectivity index (χ3v) is 6.25. The van der Waals surface area contributed by atoms with Gasteiger partial charge in [-0.3, -0.25) is 4.79 Å². The van der Waals surface area contributed by atoms with Crippen molar-refractivity contribution in [2.75, 3.05) is 29.9 Å². The number of ether oxygens (including phenoxy) is 1. The van der Waals surface area contributed by atoms with Crippen LogP contribution in [-0.2, 0) is 24.2 Å². The van der Waals surface area contributed by atoms with E-state index in [4.69, 9.17) is 9.84 Å². The van der Waals surface area contributed by atoms with Crippen molar-refractivity contribution in [1.29, 1.82) is 0 Å². The first-order chi connectivity index (χ1) is 16.1. The number of hydrogen-bond donors (Lipinski definition) is 2. The lowest BCUT2D eigenvalue weighted by Gasteiger charge is -2.32. The van der Waals surface area contributed by atoms with E-state index >= 15 is 0 Å². The van der Waals surface area contributed by atoms with E-state index in [2.05, 4.69) is 34.5 Å². The molecule has 0 saturated heterocycles. The molecule has 1 aliphatic rings. The minimum atomic E-state index is -0.758. The van der Waals surface area contributed by atoms with Gasteiger partial charge in [-0.25, -0.2) is 0 Å². The molecule has 4 rings (SSSR count). The van der Waals surface area contributed by atoms with Crippen LogP contribution in [0.4, 0.5) is 11.4 Å². The van der Waals surface area contributed by atoms with Gasteiger partial charge in [0.15, 0.2) is 0 Å². The van der Waals surface area contributed by atoms with Crippen LogP contribution < -0.4 is 15.0 Å². The number of aryl methyl sites for hydroxylation is 2. The average Bonchev–Trinajstić information content (AvgIpc) is 2.83. The number of carboxylic acids is 1. The lowest BCUT2D eigenvalue weighted by Crippen LogP contribution is -2.33. The number of fused-ring (bicyclic) bond motifs is 1. The van der Waals surface area contributed by atoms with E-state index in [1.807, 2.05) is 49.4 Å². The second kappa shape index (κ2) is 10.9. The van der Waals surface area contributed by atoms with E-state index in [0.717, 1.165) is 55.0 Å². The molecule has 5 heteroatoms. The number of para-hydroxylation sites is 1. The van der Waals surface area contributed by atoms with Gasteiger partial charge in [-0.05, 0) is 78.8 Å². The summed E-state index contributed by atoms with van der Waals surface area (Å²) in [5.41, 5.74) is 7.35. The maximum absolute atomic E-state index is 10.9. The van der Waals surface area contributed by atoms with E-state index < -0.39 is 5.97 Å². The zero-order valence-electron chi connectivity index (χ0n) is 19.2. The Hall–Kier alpha value is -3.47. The minimum absolute atomic E-state index is 0.163. The molecule has 33 heavy (non-hydrogen) atoms. The highest BCUT2D eigenvalue weighted by Gasteiger charge is 2.19. The topological polar surface area (TPSA) is 61.8 Å². The molecule has 0 aromatic heterocycles. The van der Waals surface area contributed by atoms with Crippen LogP contribution in [0.25, 0.3) is 0 Å². The predicted molar refractivity (Wildman–Crippen MR) is 133 cm³/mol. The fourth-order valence-electron chi connectivity index (χ4n) is 4.49. The Kier molecular flexibility index (Phi) is 7.51. The van der Waals surface area contributed by atoms with Gasteiger partial charge in [0.1, 0.15) is 12.4 Å². The predicted octanol–water partition coefficient (Wildman–Crippen LogP) is 5.46. The minimum Gasteiger partial charge on any atom is -0.492 e. The first kappa shape index (κ1) is 22.7. The monoisotopic (exact) mass is 444 g/mol. The lowest BCUT2D eigenvalue weighted by molar-refractivity contribution is -0.136.